The van der Waals surface area contributed by atoms with E-state index in [1.165, 1.54) is 12.8 Å². The van der Waals surface area contributed by atoms with Gasteiger partial charge in [0, 0.05) is 6.04 Å². The predicted molar refractivity (Wildman–Crippen MR) is 49.4 cm³/mol. The van der Waals surface area contributed by atoms with Gasteiger partial charge in [-0.3, -0.25) is 0 Å². The normalized spacial score (nSPS) is 20.8. The smallest absolute Gasteiger partial charge is 0.211 e. The highest BCUT2D eigenvalue weighted by molar-refractivity contribution is 7.89. The molecule has 1 aliphatic carbocycles. The minimum Gasteiger partial charge on any atom is -0.212 e. The van der Waals surface area contributed by atoms with E-state index in [0.717, 1.165) is 0 Å². The number of nitrogens with one attached hydrogen (secondary N) is 1. The molecular weight excluding hydrogens is 174 g/mol. The number of hydrogen-bond acceptors (Lipinski definition) is 2. The van der Waals surface area contributed by atoms with Gasteiger partial charge in [-0.15, -0.1) is 0 Å². The Morgan fingerprint density at radius 2 is 2.08 bits per heavy atom. The van der Waals surface area contributed by atoms with Crippen LogP contribution in [-0.4, -0.2) is 20.2 Å². The Labute approximate surface area is 74.6 Å². The highest BCUT2D eigenvalue weighted by Crippen LogP contribution is 2.32. The monoisotopic (exact) mass is 191 g/mol. The molecule has 1 atom stereocenters. The largest absolute Gasteiger partial charge is 0.212 e. The van der Waals surface area contributed by atoms with E-state index >= 15 is 0 Å². The summed E-state index contributed by atoms with van der Waals surface area (Å²) in [4.78, 5) is 0. The van der Waals surface area contributed by atoms with Crippen molar-refractivity contribution in [1.82, 2.24) is 4.72 Å². The van der Waals surface area contributed by atoms with Crippen LogP contribution >= 0.6 is 0 Å². The van der Waals surface area contributed by atoms with Gasteiger partial charge in [-0.05, 0) is 32.1 Å². The lowest BCUT2D eigenvalue weighted by atomic mass is 10.2. The molecule has 0 bridgehead atoms. The first-order valence-electron chi connectivity index (χ1n) is 4.55. The average molecular weight is 191 g/mol. The standard InChI is InChI=1S/C8H17NO2S/c1-3-6-12(10,11)9-7(2)8-4-5-8/h7-9H,3-6H2,1-2H3. The van der Waals surface area contributed by atoms with Crippen LogP contribution in [0.25, 0.3) is 0 Å². The minimum atomic E-state index is -2.99. The number of hydrogen-bond donors (Lipinski definition) is 1. The van der Waals surface area contributed by atoms with Gasteiger partial charge >= 0.3 is 0 Å². The zero-order chi connectivity index (χ0) is 9.19. The van der Waals surface area contributed by atoms with Crippen molar-refractivity contribution in [3.8, 4) is 0 Å². The van der Waals surface area contributed by atoms with Crippen molar-refractivity contribution in [3.63, 3.8) is 0 Å². The fourth-order valence-electron chi connectivity index (χ4n) is 1.30. The fraction of sp³-hybridized carbons (Fsp3) is 1.00. The number of rotatable bonds is 5. The van der Waals surface area contributed by atoms with Crippen molar-refractivity contribution >= 4 is 10.0 Å². The van der Waals surface area contributed by atoms with Crippen molar-refractivity contribution < 1.29 is 8.42 Å². The summed E-state index contributed by atoms with van der Waals surface area (Å²) in [6.45, 7) is 3.83. The van der Waals surface area contributed by atoms with Gasteiger partial charge in [-0.2, -0.15) is 0 Å². The maximum Gasteiger partial charge on any atom is 0.211 e. The van der Waals surface area contributed by atoms with Crippen molar-refractivity contribution in [1.29, 1.82) is 0 Å². The van der Waals surface area contributed by atoms with Gasteiger partial charge in [0.2, 0.25) is 10.0 Å². The first kappa shape index (κ1) is 9.99. The van der Waals surface area contributed by atoms with Gasteiger partial charge in [-0.25, -0.2) is 13.1 Å². The molecule has 0 saturated heterocycles. The molecule has 72 valence electrons. The summed E-state index contributed by atoms with van der Waals surface area (Å²) < 4.78 is 25.2. The van der Waals surface area contributed by atoms with Crippen LogP contribution in [0.15, 0.2) is 0 Å². The number of sulfonamides is 1. The van der Waals surface area contributed by atoms with Gasteiger partial charge in [0.05, 0.1) is 5.75 Å². The maximum absolute atomic E-state index is 11.3. The van der Waals surface area contributed by atoms with Crippen LogP contribution in [0.5, 0.6) is 0 Å². The molecule has 0 aromatic carbocycles. The molecule has 1 aliphatic rings. The zero-order valence-corrected chi connectivity index (χ0v) is 8.52. The molecule has 0 radical (unpaired) electrons. The van der Waals surface area contributed by atoms with E-state index in [1.807, 2.05) is 13.8 Å². The SMILES string of the molecule is CCCS(=O)(=O)NC(C)C1CC1. The summed E-state index contributed by atoms with van der Waals surface area (Å²) in [5, 5.41) is 0. The van der Waals surface area contributed by atoms with E-state index in [9.17, 15) is 8.42 Å². The molecule has 1 fully saturated rings. The van der Waals surface area contributed by atoms with Crippen molar-refractivity contribution in [2.45, 2.75) is 39.2 Å². The fourth-order valence-corrected chi connectivity index (χ4v) is 2.72. The maximum atomic E-state index is 11.3. The van der Waals surface area contributed by atoms with Crippen LogP contribution in [0.4, 0.5) is 0 Å². The van der Waals surface area contributed by atoms with Crippen molar-refractivity contribution in [3.05, 3.63) is 0 Å². The Kier molecular flexibility index (Phi) is 3.12. The highest BCUT2D eigenvalue weighted by Gasteiger charge is 2.30. The molecule has 0 amide bonds. The first-order chi connectivity index (χ1) is 5.55. The summed E-state index contributed by atoms with van der Waals surface area (Å²) >= 11 is 0. The van der Waals surface area contributed by atoms with E-state index < -0.39 is 10.0 Å². The quantitative estimate of drug-likeness (QED) is 0.707. The van der Waals surface area contributed by atoms with Gasteiger partial charge in [0.1, 0.15) is 0 Å². The third-order valence-electron chi connectivity index (χ3n) is 2.17. The lowest BCUT2D eigenvalue weighted by Crippen LogP contribution is -2.35. The molecule has 3 nitrogen and oxygen atoms in total. The molecule has 0 aromatic rings. The van der Waals surface area contributed by atoms with E-state index in [4.69, 9.17) is 0 Å². The van der Waals surface area contributed by atoms with Gasteiger partial charge in [-0.1, -0.05) is 6.92 Å². The third kappa shape index (κ3) is 3.11. The lowest BCUT2D eigenvalue weighted by Gasteiger charge is -2.12. The zero-order valence-electron chi connectivity index (χ0n) is 7.71. The second-order valence-corrected chi connectivity index (χ2v) is 5.44. The molecule has 1 rings (SSSR count). The molecule has 4 heteroatoms. The van der Waals surface area contributed by atoms with Crippen LogP contribution < -0.4 is 4.72 Å². The molecule has 1 unspecified atom stereocenters. The van der Waals surface area contributed by atoms with E-state index in [2.05, 4.69) is 4.72 Å². The minimum absolute atomic E-state index is 0.140. The molecule has 0 heterocycles. The van der Waals surface area contributed by atoms with Crippen LogP contribution in [0.3, 0.4) is 0 Å². The summed E-state index contributed by atoms with van der Waals surface area (Å²) in [5.74, 6) is 0.848. The first-order valence-corrected chi connectivity index (χ1v) is 6.20. The molecule has 0 spiro atoms. The summed E-state index contributed by atoms with van der Waals surface area (Å²) in [7, 11) is -2.99. The van der Waals surface area contributed by atoms with E-state index in [1.54, 1.807) is 0 Å². The molecule has 12 heavy (non-hydrogen) atoms. The molecule has 1 saturated carbocycles. The van der Waals surface area contributed by atoms with Crippen LogP contribution in [-0.2, 0) is 10.0 Å². The average Bonchev–Trinajstić information content (AvgIpc) is 2.65. The lowest BCUT2D eigenvalue weighted by molar-refractivity contribution is 0.537. The second kappa shape index (κ2) is 3.75. The Balaban J connectivity index is 2.37. The Bertz CT molecular complexity index is 231. The molecular formula is C8H17NO2S. The Morgan fingerprint density at radius 3 is 2.50 bits per heavy atom. The Hall–Kier alpha value is -0.0900. The topological polar surface area (TPSA) is 46.2 Å². The third-order valence-corrected chi connectivity index (χ3v) is 3.84. The van der Waals surface area contributed by atoms with Gasteiger partial charge in [0.25, 0.3) is 0 Å². The van der Waals surface area contributed by atoms with Gasteiger partial charge in [0.15, 0.2) is 0 Å². The molecule has 0 aliphatic heterocycles. The highest BCUT2D eigenvalue weighted by atomic mass is 32.2. The predicted octanol–water partition coefficient (Wildman–Crippen LogP) is 1.11. The van der Waals surface area contributed by atoms with E-state index in [0.29, 0.717) is 12.3 Å². The van der Waals surface area contributed by atoms with Crippen LogP contribution in [0, 0.1) is 5.92 Å². The molecule has 1 N–H and O–H groups in total. The second-order valence-electron chi connectivity index (χ2n) is 3.56. The summed E-state index contributed by atoms with van der Waals surface area (Å²) in [5.41, 5.74) is 0. The summed E-state index contributed by atoms with van der Waals surface area (Å²) in [6.07, 6.45) is 3.04. The summed E-state index contributed by atoms with van der Waals surface area (Å²) in [6, 6.07) is 0.140. The molecule has 0 aromatic heterocycles. The van der Waals surface area contributed by atoms with E-state index in [-0.39, 0.29) is 11.8 Å². The van der Waals surface area contributed by atoms with Crippen LogP contribution in [0.2, 0.25) is 0 Å². The van der Waals surface area contributed by atoms with Crippen LogP contribution in [0.1, 0.15) is 33.1 Å². The van der Waals surface area contributed by atoms with Crippen molar-refractivity contribution in [2.75, 3.05) is 5.75 Å². The van der Waals surface area contributed by atoms with Crippen molar-refractivity contribution in [2.24, 2.45) is 5.92 Å². The van der Waals surface area contributed by atoms with Gasteiger partial charge < -0.3 is 0 Å². The Morgan fingerprint density at radius 1 is 1.50 bits per heavy atom.